The van der Waals surface area contributed by atoms with Crippen LogP contribution in [0.2, 0.25) is 0 Å². The van der Waals surface area contributed by atoms with Crippen LogP contribution in [0.3, 0.4) is 0 Å². The van der Waals surface area contributed by atoms with Gasteiger partial charge in [-0.2, -0.15) is 0 Å². The highest BCUT2D eigenvalue weighted by molar-refractivity contribution is 5.94. The van der Waals surface area contributed by atoms with Gasteiger partial charge in [0.15, 0.2) is 0 Å². The number of benzene rings is 1. The molecule has 4 rings (SSSR count). The number of aryl methyl sites for hydroxylation is 1. The summed E-state index contributed by atoms with van der Waals surface area (Å²) in [4.78, 5) is 30.3. The first-order valence-corrected chi connectivity index (χ1v) is 14.1. The Morgan fingerprint density at radius 1 is 0.853 bits per heavy atom. The molecule has 1 aromatic rings. The van der Waals surface area contributed by atoms with E-state index in [9.17, 15) is 9.59 Å². The number of hydrogen-bond donors (Lipinski definition) is 1. The third-order valence-electron chi connectivity index (χ3n) is 8.39. The monoisotopic (exact) mass is 467 g/mol. The SMILES string of the molecule is CCCCCc1ccc(C(=O)N2CCC(N3CCC(C(=O)NC4CCCCC4)CC3)CC2)cc1. The Morgan fingerprint density at radius 3 is 2.18 bits per heavy atom. The summed E-state index contributed by atoms with van der Waals surface area (Å²) in [6.45, 7) is 5.93. The quantitative estimate of drug-likeness (QED) is 0.536. The van der Waals surface area contributed by atoms with Gasteiger partial charge in [0.2, 0.25) is 5.91 Å². The molecular weight excluding hydrogens is 422 g/mol. The zero-order valence-corrected chi connectivity index (χ0v) is 21.3. The third kappa shape index (κ3) is 6.84. The predicted octanol–water partition coefficient (Wildman–Crippen LogP) is 5.18. The number of piperidine rings is 2. The van der Waals surface area contributed by atoms with Crippen LogP contribution in [0.1, 0.15) is 99.9 Å². The number of nitrogens with one attached hydrogen (secondary N) is 1. The van der Waals surface area contributed by atoms with Gasteiger partial charge in [-0.1, -0.05) is 51.2 Å². The summed E-state index contributed by atoms with van der Waals surface area (Å²) in [5.41, 5.74) is 2.15. The summed E-state index contributed by atoms with van der Waals surface area (Å²) in [7, 11) is 0. The van der Waals surface area contributed by atoms with Crippen LogP contribution in [0.25, 0.3) is 0 Å². The molecule has 2 heterocycles. The van der Waals surface area contributed by atoms with Gasteiger partial charge in [0.1, 0.15) is 0 Å². The number of likely N-dealkylation sites (tertiary alicyclic amines) is 2. The lowest BCUT2D eigenvalue weighted by atomic mass is 9.91. The maximum atomic E-state index is 13.0. The first kappa shape index (κ1) is 25.2. The van der Waals surface area contributed by atoms with Crippen molar-refractivity contribution in [2.24, 2.45) is 5.92 Å². The van der Waals surface area contributed by atoms with E-state index in [2.05, 4.69) is 29.3 Å². The molecule has 2 saturated heterocycles. The smallest absolute Gasteiger partial charge is 0.253 e. The Morgan fingerprint density at radius 2 is 1.53 bits per heavy atom. The van der Waals surface area contributed by atoms with Crippen molar-refractivity contribution in [1.29, 1.82) is 0 Å². The second-order valence-electron chi connectivity index (χ2n) is 10.8. The summed E-state index contributed by atoms with van der Waals surface area (Å²) in [5.74, 6) is 0.657. The van der Waals surface area contributed by atoms with Gasteiger partial charge in [-0.25, -0.2) is 0 Å². The average Bonchev–Trinajstić information content (AvgIpc) is 2.90. The molecule has 0 bridgehead atoms. The van der Waals surface area contributed by atoms with Crippen molar-refractivity contribution in [1.82, 2.24) is 15.1 Å². The van der Waals surface area contributed by atoms with Crippen molar-refractivity contribution in [3.63, 3.8) is 0 Å². The minimum Gasteiger partial charge on any atom is -0.353 e. The molecule has 34 heavy (non-hydrogen) atoms. The molecule has 2 amide bonds. The van der Waals surface area contributed by atoms with Crippen LogP contribution in [-0.2, 0) is 11.2 Å². The summed E-state index contributed by atoms with van der Waals surface area (Å²) in [5, 5.41) is 3.33. The molecule has 2 aliphatic heterocycles. The lowest BCUT2D eigenvalue weighted by Crippen LogP contribution is -2.50. The van der Waals surface area contributed by atoms with Crippen LogP contribution in [0.5, 0.6) is 0 Å². The molecule has 0 spiro atoms. The van der Waals surface area contributed by atoms with E-state index in [0.717, 1.165) is 76.7 Å². The van der Waals surface area contributed by atoms with Crippen LogP contribution < -0.4 is 5.32 Å². The van der Waals surface area contributed by atoms with Crippen molar-refractivity contribution in [3.8, 4) is 0 Å². The largest absolute Gasteiger partial charge is 0.353 e. The summed E-state index contributed by atoms with van der Waals surface area (Å²) in [6, 6.07) is 9.25. The van der Waals surface area contributed by atoms with Crippen LogP contribution in [-0.4, -0.2) is 59.9 Å². The molecule has 0 unspecified atom stereocenters. The van der Waals surface area contributed by atoms with E-state index in [1.807, 2.05) is 17.0 Å². The minimum atomic E-state index is 0.177. The highest BCUT2D eigenvalue weighted by Crippen LogP contribution is 2.26. The number of nitrogens with zero attached hydrogens (tertiary/aromatic N) is 2. The second kappa shape index (κ2) is 12.7. The van der Waals surface area contributed by atoms with E-state index in [1.54, 1.807) is 0 Å². The fourth-order valence-electron chi connectivity index (χ4n) is 6.10. The van der Waals surface area contributed by atoms with Gasteiger partial charge < -0.3 is 15.1 Å². The standard InChI is InChI=1S/C29H45N3O2/c1-2-3-5-8-23-11-13-25(14-12-23)29(34)32-21-17-27(18-22-32)31-19-15-24(16-20-31)28(33)30-26-9-6-4-7-10-26/h11-14,24,26-27H,2-10,15-22H2,1H3,(H,30,33). The van der Waals surface area contributed by atoms with E-state index < -0.39 is 0 Å². The number of carbonyl (C=O) groups excluding carboxylic acids is 2. The Hall–Kier alpha value is -1.88. The Kier molecular flexibility index (Phi) is 9.43. The topological polar surface area (TPSA) is 52.7 Å². The average molecular weight is 468 g/mol. The Bertz CT molecular complexity index is 771. The molecule has 1 aromatic carbocycles. The summed E-state index contributed by atoms with van der Waals surface area (Å²) < 4.78 is 0. The number of rotatable bonds is 8. The number of carbonyl (C=O) groups is 2. The predicted molar refractivity (Wildman–Crippen MR) is 138 cm³/mol. The molecule has 3 fully saturated rings. The van der Waals surface area contributed by atoms with Gasteiger partial charge in [-0.05, 0) is 82.2 Å². The Balaban J connectivity index is 1.17. The zero-order chi connectivity index (χ0) is 23.8. The van der Waals surface area contributed by atoms with Crippen molar-refractivity contribution in [3.05, 3.63) is 35.4 Å². The first-order chi connectivity index (χ1) is 16.6. The molecule has 1 N–H and O–H groups in total. The lowest BCUT2D eigenvalue weighted by molar-refractivity contribution is -0.127. The molecule has 5 heteroatoms. The van der Waals surface area contributed by atoms with E-state index in [4.69, 9.17) is 0 Å². The van der Waals surface area contributed by atoms with Gasteiger partial charge in [0.05, 0.1) is 0 Å². The second-order valence-corrected chi connectivity index (χ2v) is 10.8. The van der Waals surface area contributed by atoms with Crippen molar-refractivity contribution in [2.75, 3.05) is 26.2 Å². The fraction of sp³-hybridized carbons (Fsp3) is 0.724. The molecule has 5 nitrogen and oxygen atoms in total. The van der Waals surface area contributed by atoms with E-state index in [0.29, 0.717) is 18.0 Å². The molecule has 3 aliphatic rings. The van der Waals surface area contributed by atoms with Gasteiger partial charge >= 0.3 is 0 Å². The molecule has 1 aliphatic carbocycles. The highest BCUT2D eigenvalue weighted by Gasteiger charge is 2.32. The van der Waals surface area contributed by atoms with Crippen LogP contribution in [0.15, 0.2) is 24.3 Å². The number of unbranched alkanes of at least 4 members (excludes halogenated alkanes) is 2. The molecular formula is C29H45N3O2. The van der Waals surface area contributed by atoms with Crippen LogP contribution in [0, 0.1) is 5.92 Å². The normalized spacial score (nSPS) is 21.5. The molecule has 0 aromatic heterocycles. The molecule has 0 radical (unpaired) electrons. The zero-order valence-electron chi connectivity index (χ0n) is 21.3. The van der Waals surface area contributed by atoms with E-state index in [1.165, 1.54) is 44.1 Å². The lowest BCUT2D eigenvalue weighted by Gasteiger charge is -2.41. The number of amides is 2. The number of hydrogen-bond acceptors (Lipinski definition) is 3. The summed E-state index contributed by atoms with van der Waals surface area (Å²) >= 11 is 0. The maximum absolute atomic E-state index is 13.0. The van der Waals surface area contributed by atoms with Crippen molar-refractivity contribution in [2.45, 2.75) is 102 Å². The van der Waals surface area contributed by atoms with Crippen LogP contribution >= 0.6 is 0 Å². The molecule has 1 saturated carbocycles. The van der Waals surface area contributed by atoms with Gasteiger partial charge in [-0.15, -0.1) is 0 Å². The van der Waals surface area contributed by atoms with E-state index in [-0.39, 0.29) is 11.8 Å². The molecule has 0 atom stereocenters. The van der Waals surface area contributed by atoms with Crippen molar-refractivity contribution >= 4 is 11.8 Å². The third-order valence-corrected chi connectivity index (χ3v) is 8.39. The van der Waals surface area contributed by atoms with Gasteiger partial charge in [-0.3, -0.25) is 9.59 Å². The maximum Gasteiger partial charge on any atom is 0.253 e. The van der Waals surface area contributed by atoms with Gasteiger partial charge in [0, 0.05) is 36.7 Å². The summed E-state index contributed by atoms with van der Waals surface area (Å²) in [6.07, 6.45) is 15.0. The van der Waals surface area contributed by atoms with Gasteiger partial charge in [0.25, 0.3) is 5.91 Å². The first-order valence-electron chi connectivity index (χ1n) is 14.1. The Labute approximate surface area is 206 Å². The molecule has 188 valence electrons. The van der Waals surface area contributed by atoms with Crippen LogP contribution in [0.4, 0.5) is 0 Å². The van der Waals surface area contributed by atoms with E-state index >= 15 is 0 Å². The minimum absolute atomic E-state index is 0.177. The highest BCUT2D eigenvalue weighted by atomic mass is 16.2. The van der Waals surface area contributed by atoms with Crippen molar-refractivity contribution < 1.29 is 9.59 Å². The fourth-order valence-corrected chi connectivity index (χ4v) is 6.10.